The van der Waals surface area contributed by atoms with Gasteiger partial charge in [0.2, 0.25) is 5.91 Å². The third-order valence-electron chi connectivity index (χ3n) is 3.34. The van der Waals surface area contributed by atoms with Crippen LogP contribution in [0, 0.1) is 5.82 Å². The van der Waals surface area contributed by atoms with Crippen LogP contribution in [0.2, 0.25) is 0 Å². The number of nitrogens with zero attached hydrogens (tertiary/aromatic N) is 1. The summed E-state index contributed by atoms with van der Waals surface area (Å²) in [5.74, 6) is -0.941. The van der Waals surface area contributed by atoms with E-state index in [9.17, 15) is 14.0 Å². The molecule has 1 heterocycles. The Kier molecular flexibility index (Phi) is 4.55. The quantitative estimate of drug-likeness (QED) is 0.812. The van der Waals surface area contributed by atoms with E-state index in [1.165, 1.54) is 12.1 Å². The van der Waals surface area contributed by atoms with Gasteiger partial charge in [-0.25, -0.2) is 4.39 Å². The first-order valence-corrected chi connectivity index (χ1v) is 6.69. The van der Waals surface area contributed by atoms with Crippen LogP contribution < -0.4 is 11.1 Å². The molecular weight excluding hydrogens is 261 g/mol. The highest BCUT2D eigenvalue weighted by Gasteiger charge is 2.18. The molecule has 1 aromatic rings. The number of hydrogen-bond donors (Lipinski definition) is 2. The van der Waals surface area contributed by atoms with Gasteiger partial charge in [0.05, 0.1) is 5.56 Å². The highest BCUT2D eigenvalue weighted by Crippen LogP contribution is 2.13. The summed E-state index contributed by atoms with van der Waals surface area (Å²) in [6.07, 6.45) is 2.33. The number of amides is 2. The molecule has 1 aliphatic heterocycles. The van der Waals surface area contributed by atoms with Crippen LogP contribution >= 0.6 is 0 Å². The van der Waals surface area contributed by atoms with Crippen molar-refractivity contribution >= 4 is 17.5 Å². The average molecular weight is 279 g/mol. The summed E-state index contributed by atoms with van der Waals surface area (Å²) in [5, 5.41) is 2.59. The molecule has 2 rings (SSSR count). The first-order chi connectivity index (χ1) is 9.58. The van der Waals surface area contributed by atoms with Crippen LogP contribution in [-0.2, 0) is 4.79 Å². The first-order valence-electron chi connectivity index (χ1n) is 6.69. The molecule has 0 bridgehead atoms. The number of nitrogens with two attached hydrogens (primary N) is 1. The Morgan fingerprint density at radius 1 is 1.30 bits per heavy atom. The molecule has 20 heavy (non-hydrogen) atoms. The van der Waals surface area contributed by atoms with Crippen molar-refractivity contribution in [1.82, 2.24) is 10.2 Å². The molecule has 2 amide bonds. The SMILES string of the molecule is Nc1ccc(F)cc1C(=O)NCCC(=O)N1CCCC1. The largest absolute Gasteiger partial charge is 0.398 e. The topological polar surface area (TPSA) is 75.4 Å². The van der Waals surface area contributed by atoms with Gasteiger partial charge in [0.15, 0.2) is 0 Å². The number of hydrogen-bond acceptors (Lipinski definition) is 3. The van der Waals surface area contributed by atoms with Crippen molar-refractivity contribution in [3.05, 3.63) is 29.6 Å². The zero-order valence-corrected chi connectivity index (χ0v) is 11.2. The maximum absolute atomic E-state index is 13.1. The lowest BCUT2D eigenvalue weighted by molar-refractivity contribution is -0.129. The summed E-state index contributed by atoms with van der Waals surface area (Å²) in [6.45, 7) is 1.82. The molecule has 0 aromatic heterocycles. The van der Waals surface area contributed by atoms with Gasteiger partial charge in [0, 0.05) is 31.7 Å². The number of nitrogens with one attached hydrogen (secondary N) is 1. The van der Waals surface area contributed by atoms with Crippen LogP contribution in [0.4, 0.5) is 10.1 Å². The molecule has 0 atom stereocenters. The van der Waals surface area contributed by atoms with Crippen LogP contribution in [0.1, 0.15) is 29.6 Å². The van der Waals surface area contributed by atoms with Crippen molar-refractivity contribution in [3.63, 3.8) is 0 Å². The number of nitrogen functional groups attached to an aromatic ring is 1. The van der Waals surface area contributed by atoms with Crippen molar-refractivity contribution < 1.29 is 14.0 Å². The van der Waals surface area contributed by atoms with E-state index in [1.54, 1.807) is 4.90 Å². The van der Waals surface area contributed by atoms with Crippen molar-refractivity contribution in [2.24, 2.45) is 0 Å². The molecule has 0 radical (unpaired) electrons. The summed E-state index contributed by atoms with van der Waals surface area (Å²) in [7, 11) is 0. The molecule has 108 valence electrons. The summed E-state index contributed by atoms with van der Waals surface area (Å²) in [5.41, 5.74) is 5.93. The Hall–Kier alpha value is -2.11. The molecule has 1 aromatic carbocycles. The zero-order chi connectivity index (χ0) is 14.5. The fourth-order valence-electron chi connectivity index (χ4n) is 2.23. The number of benzene rings is 1. The molecule has 0 aliphatic carbocycles. The second kappa shape index (κ2) is 6.36. The van der Waals surface area contributed by atoms with E-state index < -0.39 is 11.7 Å². The van der Waals surface area contributed by atoms with E-state index >= 15 is 0 Å². The van der Waals surface area contributed by atoms with Gasteiger partial charge in [-0.2, -0.15) is 0 Å². The molecule has 3 N–H and O–H groups in total. The van der Waals surface area contributed by atoms with E-state index in [-0.39, 0.29) is 30.1 Å². The summed E-state index contributed by atoms with van der Waals surface area (Å²) >= 11 is 0. The van der Waals surface area contributed by atoms with E-state index in [0.717, 1.165) is 32.0 Å². The molecular formula is C14H18FN3O2. The smallest absolute Gasteiger partial charge is 0.253 e. The lowest BCUT2D eigenvalue weighted by atomic mass is 10.1. The highest BCUT2D eigenvalue weighted by atomic mass is 19.1. The van der Waals surface area contributed by atoms with Gasteiger partial charge in [-0.15, -0.1) is 0 Å². The lowest BCUT2D eigenvalue weighted by Gasteiger charge is -2.15. The number of rotatable bonds is 4. The molecule has 1 fully saturated rings. The van der Waals surface area contributed by atoms with Crippen LogP contribution in [0.15, 0.2) is 18.2 Å². The van der Waals surface area contributed by atoms with Gasteiger partial charge in [0.1, 0.15) is 5.82 Å². The second-order valence-electron chi connectivity index (χ2n) is 4.83. The van der Waals surface area contributed by atoms with E-state index in [2.05, 4.69) is 5.32 Å². The normalized spacial score (nSPS) is 14.3. The minimum atomic E-state index is -0.516. The van der Waals surface area contributed by atoms with Crippen LogP contribution in [0.25, 0.3) is 0 Å². The number of likely N-dealkylation sites (tertiary alicyclic amines) is 1. The monoisotopic (exact) mass is 279 g/mol. The summed E-state index contributed by atoms with van der Waals surface area (Å²) in [6, 6.07) is 3.63. The summed E-state index contributed by atoms with van der Waals surface area (Å²) < 4.78 is 13.1. The first kappa shape index (κ1) is 14.3. The Morgan fingerprint density at radius 2 is 2.00 bits per heavy atom. The molecule has 1 saturated heterocycles. The van der Waals surface area contributed by atoms with E-state index in [0.29, 0.717) is 0 Å². The second-order valence-corrected chi connectivity index (χ2v) is 4.83. The fraction of sp³-hybridized carbons (Fsp3) is 0.429. The lowest BCUT2D eigenvalue weighted by Crippen LogP contribution is -2.32. The Balaban J connectivity index is 1.83. The standard InChI is InChI=1S/C14H18FN3O2/c15-10-3-4-12(16)11(9-10)14(20)17-6-5-13(19)18-7-1-2-8-18/h3-4,9H,1-2,5-8,16H2,(H,17,20). The molecule has 1 aliphatic rings. The third-order valence-corrected chi connectivity index (χ3v) is 3.34. The van der Waals surface area contributed by atoms with Crippen molar-refractivity contribution in [2.45, 2.75) is 19.3 Å². The molecule has 0 unspecified atom stereocenters. The fourth-order valence-corrected chi connectivity index (χ4v) is 2.23. The van der Waals surface area contributed by atoms with Gasteiger partial charge < -0.3 is 16.0 Å². The molecule has 5 nitrogen and oxygen atoms in total. The van der Waals surface area contributed by atoms with Gasteiger partial charge in [-0.05, 0) is 31.0 Å². The molecule has 0 saturated carbocycles. The molecule has 0 spiro atoms. The number of anilines is 1. The minimum Gasteiger partial charge on any atom is -0.398 e. The predicted molar refractivity (Wildman–Crippen MR) is 73.6 cm³/mol. The number of carbonyl (C=O) groups is 2. The predicted octanol–water partition coefficient (Wildman–Crippen LogP) is 1.15. The van der Waals surface area contributed by atoms with Gasteiger partial charge in [-0.3, -0.25) is 9.59 Å². The van der Waals surface area contributed by atoms with Crippen molar-refractivity contribution in [3.8, 4) is 0 Å². The van der Waals surface area contributed by atoms with E-state index in [4.69, 9.17) is 5.73 Å². The Bertz CT molecular complexity index is 513. The van der Waals surface area contributed by atoms with Gasteiger partial charge >= 0.3 is 0 Å². The maximum atomic E-state index is 13.1. The van der Waals surface area contributed by atoms with Crippen LogP contribution in [-0.4, -0.2) is 36.3 Å². The van der Waals surface area contributed by atoms with Crippen LogP contribution in [0.3, 0.4) is 0 Å². The van der Waals surface area contributed by atoms with Crippen molar-refractivity contribution in [2.75, 3.05) is 25.4 Å². The third kappa shape index (κ3) is 3.46. The average Bonchev–Trinajstić information content (AvgIpc) is 2.95. The Morgan fingerprint density at radius 3 is 2.70 bits per heavy atom. The number of halogens is 1. The maximum Gasteiger partial charge on any atom is 0.253 e. The van der Waals surface area contributed by atoms with Crippen LogP contribution in [0.5, 0.6) is 0 Å². The van der Waals surface area contributed by atoms with Crippen molar-refractivity contribution in [1.29, 1.82) is 0 Å². The van der Waals surface area contributed by atoms with E-state index in [1.807, 2.05) is 0 Å². The summed E-state index contributed by atoms with van der Waals surface area (Å²) in [4.78, 5) is 25.4. The Labute approximate surface area is 116 Å². The molecule has 6 heteroatoms. The highest BCUT2D eigenvalue weighted by molar-refractivity contribution is 5.99. The minimum absolute atomic E-state index is 0.0371. The number of carbonyl (C=O) groups excluding carboxylic acids is 2. The van der Waals surface area contributed by atoms with Gasteiger partial charge in [-0.1, -0.05) is 0 Å². The van der Waals surface area contributed by atoms with Gasteiger partial charge in [0.25, 0.3) is 5.91 Å². The zero-order valence-electron chi connectivity index (χ0n) is 11.2.